The second-order valence-electron chi connectivity index (χ2n) is 8.74. The average molecular weight is 455 g/mol. The maximum Gasteiger partial charge on any atom is 0.311 e. The lowest BCUT2D eigenvalue weighted by Crippen LogP contribution is -2.36. The van der Waals surface area contributed by atoms with Crippen LogP contribution in [0, 0.1) is 17.2 Å². The molecule has 5 rings (SSSR count). The highest BCUT2D eigenvalue weighted by molar-refractivity contribution is 7.07. The maximum absolute atomic E-state index is 14.4. The molecular weight excluding hydrogens is 431 g/mol. The van der Waals surface area contributed by atoms with Gasteiger partial charge in [-0.25, -0.2) is 9.07 Å². The zero-order valence-corrected chi connectivity index (χ0v) is 18.1. The number of halogens is 1. The van der Waals surface area contributed by atoms with Gasteiger partial charge in [0, 0.05) is 12.1 Å². The summed E-state index contributed by atoms with van der Waals surface area (Å²) in [5.74, 6) is -1.46. The van der Waals surface area contributed by atoms with Crippen molar-refractivity contribution in [3.63, 3.8) is 0 Å². The number of nitrogens with zero attached hydrogens (tertiary/aromatic N) is 3. The third-order valence-electron chi connectivity index (χ3n) is 6.89. The fourth-order valence-corrected chi connectivity index (χ4v) is 5.90. The predicted molar refractivity (Wildman–Crippen MR) is 117 cm³/mol. The number of benzene rings is 1. The standard InChI is InChI=1S/C23H23FN4O3S/c24-18-2-1-16(10-17(18)21(29)25-7-4-14-5-8-32-13-14)19-12-28(27-26-19)20-9-15-3-6-23(20,11-15)22(30)31/h1-2,5,8,10,12-13,15,20H,3-4,6-7,9,11H2,(H,25,29)(H,30,31). The van der Waals surface area contributed by atoms with E-state index in [4.69, 9.17) is 0 Å². The normalized spacial score (nSPS) is 24.0. The molecule has 3 atom stereocenters. The summed E-state index contributed by atoms with van der Waals surface area (Å²) in [6.45, 7) is 0.412. The van der Waals surface area contributed by atoms with E-state index >= 15 is 0 Å². The van der Waals surface area contributed by atoms with Crippen molar-refractivity contribution in [2.75, 3.05) is 6.54 Å². The van der Waals surface area contributed by atoms with Crippen molar-refractivity contribution in [2.24, 2.45) is 11.3 Å². The second kappa shape index (κ2) is 8.12. The second-order valence-corrected chi connectivity index (χ2v) is 9.52. The summed E-state index contributed by atoms with van der Waals surface area (Å²) in [5.41, 5.74) is 1.34. The number of carbonyl (C=O) groups is 2. The number of thiophene rings is 1. The van der Waals surface area contributed by atoms with Crippen LogP contribution >= 0.6 is 11.3 Å². The highest BCUT2D eigenvalue weighted by atomic mass is 32.1. The fraction of sp³-hybridized carbons (Fsp3) is 0.391. The minimum atomic E-state index is -0.786. The summed E-state index contributed by atoms with van der Waals surface area (Å²) in [6, 6.07) is 6.03. The van der Waals surface area contributed by atoms with Gasteiger partial charge in [-0.05, 0) is 78.6 Å². The van der Waals surface area contributed by atoms with E-state index in [1.54, 1.807) is 28.3 Å². The molecule has 0 spiro atoms. The minimum absolute atomic E-state index is 0.0516. The van der Waals surface area contributed by atoms with Crippen molar-refractivity contribution in [3.05, 3.63) is 58.2 Å². The number of hydrogen-bond donors (Lipinski definition) is 2. The van der Waals surface area contributed by atoms with Gasteiger partial charge in [0.2, 0.25) is 0 Å². The molecule has 3 aromatic rings. The summed E-state index contributed by atoms with van der Waals surface area (Å²) >= 11 is 1.59. The summed E-state index contributed by atoms with van der Waals surface area (Å²) < 4.78 is 16.0. The van der Waals surface area contributed by atoms with Crippen molar-refractivity contribution in [3.8, 4) is 11.3 Å². The van der Waals surface area contributed by atoms with Crippen molar-refractivity contribution in [2.45, 2.75) is 38.1 Å². The van der Waals surface area contributed by atoms with Gasteiger partial charge in [0.15, 0.2) is 0 Å². The first-order valence-corrected chi connectivity index (χ1v) is 11.6. The van der Waals surface area contributed by atoms with Crippen LogP contribution < -0.4 is 5.32 Å². The van der Waals surface area contributed by atoms with E-state index in [1.807, 2.05) is 16.8 Å². The number of fused-ring (bicyclic) bond motifs is 2. The van der Waals surface area contributed by atoms with E-state index in [2.05, 4.69) is 15.6 Å². The molecule has 2 aliphatic rings. The van der Waals surface area contributed by atoms with Gasteiger partial charge >= 0.3 is 5.97 Å². The summed E-state index contributed by atoms with van der Waals surface area (Å²) in [6.07, 6.45) is 5.43. The molecule has 9 heteroatoms. The third kappa shape index (κ3) is 3.60. The first-order chi connectivity index (χ1) is 15.5. The quantitative estimate of drug-likeness (QED) is 0.564. The molecule has 3 unspecified atom stereocenters. The van der Waals surface area contributed by atoms with Gasteiger partial charge in [-0.2, -0.15) is 11.3 Å². The highest BCUT2D eigenvalue weighted by Gasteiger charge is 2.58. The molecule has 2 saturated carbocycles. The van der Waals surface area contributed by atoms with Crippen LogP contribution in [-0.4, -0.2) is 38.5 Å². The zero-order chi connectivity index (χ0) is 22.3. The number of carboxylic acids is 1. The molecule has 0 aliphatic heterocycles. The number of rotatable bonds is 7. The Kier molecular flexibility index (Phi) is 5.28. The fourth-order valence-electron chi connectivity index (χ4n) is 5.19. The Hall–Kier alpha value is -3.07. The number of hydrogen-bond acceptors (Lipinski definition) is 5. The number of amides is 1. The van der Waals surface area contributed by atoms with Gasteiger partial charge in [0.1, 0.15) is 11.5 Å². The average Bonchev–Trinajstić information content (AvgIpc) is 3.57. The van der Waals surface area contributed by atoms with Gasteiger partial charge in [-0.1, -0.05) is 5.21 Å². The van der Waals surface area contributed by atoms with Crippen molar-refractivity contribution in [1.82, 2.24) is 20.3 Å². The SMILES string of the molecule is O=C(NCCc1ccsc1)c1cc(-c2cn(C3CC4CCC3(C(=O)O)C4)nn2)ccc1F. The third-order valence-corrected chi connectivity index (χ3v) is 7.62. The minimum Gasteiger partial charge on any atom is -0.481 e. The van der Waals surface area contributed by atoms with Gasteiger partial charge < -0.3 is 10.4 Å². The van der Waals surface area contributed by atoms with E-state index in [-0.39, 0.29) is 11.6 Å². The molecule has 0 radical (unpaired) electrons. The molecule has 1 aromatic carbocycles. The lowest BCUT2D eigenvalue weighted by atomic mass is 9.80. The Bertz CT molecular complexity index is 1160. The monoisotopic (exact) mass is 454 g/mol. The predicted octanol–water partition coefficient (Wildman–Crippen LogP) is 3.93. The molecule has 2 bridgehead atoms. The van der Waals surface area contributed by atoms with Gasteiger partial charge in [0.05, 0.1) is 23.2 Å². The molecule has 1 amide bonds. The molecular formula is C23H23FN4O3S. The largest absolute Gasteiger partial charge is 0.481 e. The van der Waals surface area contributed by atoms with Crippen molar-refractivity contribution >= 4 is 23.2 Å². The van der Waals surface area contributed by atoms with E-state index in [0.29, 0.717) is 43.0 Å². The molecule has 32 heavy (non-hydrogen) atoms. The van der Waals surface area contributed by atoms with E-state index < -0.39 is 23.1 Å². The first-order valence-electron chi connectivity index (χ1n) is 10.7. The Balaban J connectivity index is 1.33. The summed E-state index contributed by atoms with van der Waals surface area (Å²) in [4.78, 5) is 24.6. The number of aromatic nitrogens is 3. The van der Waals surface area contributed by atoms with E-state index in [9.17, 15) is 19.1 Å². The maximum atomic E-state index is 14.4. The van der Waals surface area contributed by atoms with Crippen molar-refractivity contribution in [1.29, 1.82) is 0 Å². The summed E-state index contributed by atoms with van der Waals surface area (Å²) in [7, 11) is 0. The zero-order valence-electron chi connectivity index (χ0n) is 17.3. The molecule has 2 fully saturated rings. The van der Waals surface area contributed by atoms with Crippen LogP contribution in [0.25, 0.3) is 11.3 Å². The number of carboxylic acid groups (broad SMARTS) is 1. The molecule has 0 saturated heterocycles. The molecule has 2 heterocycles. The van der Waals surface area contributed by atoms with Crippen LogP contribution in [0.2, 0.25) is 0 Å². The van der Waals surface area contributed by atoms with Crippen LogP contribution in [0.1, 0.15) is 47.6 Å². The molecule has 2 aliphatic carbocycles. The van der Waals surface area contributed by atoms with Gasteiger partial charge in [-0.3, -0.25) is 9.59 Å². The Labute approximate surface area is 188 Å². The highest BCUT2D eigenvalue weighted by Crippen LogP contribution is 2.59. The number of aliphatic carboxylic acids is 1. The smallest absolute Gasteiger partial charge is 0.311 e. The van der Waals surface area contributed by atoms with Crippen LogP contribution in [0.3, 0.4) is 0 Å². The van der Waals surface area contributed by atoms with Crippen LogP contribution in [0.5, 0.6) is 0 Å². The van der Waals surface area contributed by atoms with Crippen LogP contribution in [0.15, 0.2) is 41.2 Å². The van der Waals surface area contributed by atoms with E-state index in [0.717, 1.165) is 18.4 Å². The number of carbonyl (C=O) groups excluding carboxylic acids is 1. The number of nitrogens with one attached hydrogen (secondary N) is 1. The van der Waals surface area contributed by atoms with E-state index in [1.165, 1.54) is 12.1 Å². The topological polar surface area (TPSA) is 97.1 Å². The molecule has 2 aromatic heterocycles. The molecule has 7 nitrogen and oxygen atoms in total. The Morgan fingerprint density at radius 1 is 1.34 bits per heavy atom. The van der Waals surface area contributed by atoms with Gasteiger partial charge in [-0.15, -0.1) is 5.10 Å². The lowest BCUT2D eigenvalue weighted by Gasteiger charge is -2.30. The van der Waals surface area contributed by atoms with Gasteiger partial charge in [0.25, 0.3) is 5.91 Å². The molecule has 2 N–H and O–H groups in total. The van der Waals surface area contributed by atoms with Crippen LogP contribution in [0.4, 0.5) is 4.39 Å². The summed E-state index contributed by atoms with van der Waals surface area (Å²) in [5, 5.41) is 25.0. The Morgan fingerprint density at radius 3 is 2.97 bits per heavy atom. The van der Waals surface area contributed by atoms with Crippen molar-refractivity contribution < 1.29 is 19.1 Å². The molecule has 166 valence electrons. The lowest BCUT2D eigenvalue weighted by molar-refractivity contribution is -0.151. The first kappa shape index (κ1) is 20.8. The Morgan fingerprint density at radius 2 is 2.22 bits per heavy atom. The van der Waals surface area contributed by atoms with Crippen LogP contribution in [-0.2, 0) is 11.2 Å².